The highest BCUT2D eigenvalue weighted by atomic mass is 16.8. The molecule has 2 saturated heterocycles. The van der Waals surface area contributed by atoms with Gasteiger partial charge in [0.15, 0.2) is 12.1 Å². The second-order valence-corrected chi connectivity index (χ2v) is 5.34. The molecule has 2 aliphatic rings. The van der Waals surface area contributed by atoms with E-state index in [9.17, 15) is 5.11 Å². The molecule has 2 fully saturated rings. The van der Waals surface area contributed by atoms with E-state index in [0.717, 1.165) is 0 Å². The molecule has 5 nitrogen and oxygen atoms in total. The van der Waals surface area contributed by atoms with Crippen LogP contribution in [-0.4, -0.2) is 48.2 Å². The monoisotopic (exact) mass is 232 g/mol. The topological polar surface area (TPSA) is 57.2 Å². The van der Waals surface area contributed by atoms with Gasteiger partial charge in [-0.1, -0.05) is 0 Å². The molecule has 2 rings (SSSR count). The normalized spacial score (nSPS) is 45.4. The molecule has 0 aromatic carbocycles. The van der Waals surface area contributed by atoms with Crippen molar-refractivity contribution in [2.24, 2.45) is 0 Å². The molecule has 0 aliphatic carbocycles. The van der Waals surface area contributed by atoms with Gasteiger partial charge in [0, 0.05) is 7.11 Å². The first kappa shape index (κ1) is 12.3. The van der Waals surface area contributed by atoms with Crippen LogP contribution in [-0.2, 0) is 18.9 Å². The van der Waals surface area contributed by atoms with Gasteiger partial charge < -0.3 is 24.1 Å². The van der Waals surface area contributed by atoms with Gasteiger partial charge in [0.25, 0.3) is 0 Å². The van der Waals surface area contributed by atoms with Gasteiger partial charge in [0.1, 0.15) is 18.3 Å². The van der Waals surface area contributed by atoms with Crippen molar-refractivity contribution in [2.45, 2.75) is 63.7 Å². The van der Waals surface area contributed by atoms with Crippen molar-refractivity contribution in [1.82, 2.24) is 0 Å². The summed E-state index contributed by atoms with van der Waals surface area (Å²) in [5.41, 5.74) is -0.598. The summed E-state index contributed by atoms with van der Waals surface area (Å²) in [5, 5.41) is 10.2. The molecule has 2 aliphatic heterocycles. The van der Waals surface area contributed by atoms with E-state index in [2.05, 4.69) is 0 Å². The maximum atomic E-state index is 10.2. The van der Waals surface area contributed by atoms with Crippen LogP contribution in [0.25, 0.3) is 0 Å². The minimum Gasteiger partial charge on any atom is -0.387 e. The summed E-state index contributed by atoms with van der Waals surface area (Å²) in [7, 11) is 1.56. The van der Waals surface area contributed by atoms with Crippen molar-refractivity contribution in [2.75, 3.05) is 7.11 Å². The fourth-order valence-electron chi connectivity index (χ4n) is 2.45. The Kier molecular flexibility index (Phi) is 2.79. The van der Waals surface area contributed by atoms with Gasteiger partial charge >= 0.3 is 0 Å². The van der Waals surface area contributed by atoms with E-state index in [1.165, 1.54) is 0 Å². The van der Waals surface area contributed by atoms with E-state index in [-0.39, 0.29) is 0 Å². The Bertz CT molecular complexity index is 276. The number of hydrogen-bond acceptors (Lipinski definition) is 5. The lowest BCUT2D eigenvalue weighted by atomic mass is 9.90. The van der Waals surface area contributed by atoms with E-state index in [0.29, 0.717) is 0 Å². The molecule has 16 heavy (non-hydrogen) atoms. The molecule has 0 saturated carbocycles. The number of ether oxygens (including phenoxy) is 4. The average Bonchev–Trinajstić information content (AvgIpc) is 2.39. The Morgan fingerprint density at radius 2 is 1.69 bits per heavy atom. The van der Waals surface area contributed by atoms with Crippen LogP contribution >= 0.6 is 0 Å². The third kappa shape index (κ3) is 1.87. The first-order valence-electron chi connectivity index (χ1n) is 5.51. The summed E-state index contributed by atoms with van der Waals surface area (Å²) >= 11 is 0. The Morgan fingerprint density at radius 1 is 1.06 bits per heavy atom. The quantitative estimate of drug-likeness (QED) is 0.719. The van der Waals surface area contributed by atoms with Crippen LogP contribution < -0.4 is 0 Å². The number of methoxy groups -OCH3 is 1. The number of aliphatic hydroxyl groups is 1. The van der Waals surface area contributed by atoms with Gasteiger partial charge in [-0.15, -0.1) is 0 Å². The van der Waals surface area contributed by atoms with Crippen LogP contribution in [0, 0.1) is 0 Å². The minimum atomic E-state index is -0.750. The third-order valence-corrected chi connectivity index (χ3v) is 3.09. The SMILES string of the molecule is CO[C@@H]1C(O)[C@H]2OC(C)(C)O[C@@H]2OC1(C)C. The molecule has 94 valence electrons. The Labute approximate surface area is 95.6 Å². The molecule has 0 amide bonds. The highest BCUT2D eigenvalue weighted by Gasteiger charge is 2.57. The average molecular weight is 232 g/mol. The number of hydrogen-bond donors (Lipinski definition) is 1. The summed E-state index contributed by atoms with van der Waals surface area (Å²) in [4.78, 5) is 0. The van der Waals surface area contributed by atoms with E-state index in [1.807, 2.05) is 13.8 Å². The summed E-state index contributed by atoms with van der Waals surface area (Å²) < 4.78 is 22.3. The van der Waals surface area contributed by atoms with Crippen molar-refractivity contribution in [1.29, 1.82) is 0 Å². The molecule has 5 heteroatoms. The molecule has 0 aromatic heterocycles. The van der Waals surface area contributed by atoms with Gasteiger partial charge in [-0.3, -0.25) is 0 Å². The van der Waals surface area contributed by atoms with Gasteiger partial charge in [-0.25, -0.2) is 0 Å². The lowest BCUT2D eigenvalue weighted by molar-refractivity contribution is -0.287. The maximum Gasteiger partial charge on any atom is 0.190 e. The van der Waals surface area contributed by atoms with Gasteiger partial charge in [0.2, 0.25) is 0 Å². The van der Waals surface area contributed by atoms with Crippen molar-refractivity contribution < 1.29 is 24.1 Å². The molecule has 2 heterocycles. The number of rotatable bonds is 1. The van der Waals surface area contributed by atoms with Crippen LogP contribution in [0.4, 0.5) is 0 Å². The smallest absolute Gasteiger partial charge is 0.190 e. The molecule has 0 bridgehead atoms. The molecular weight excluding hydrogens is 212 g/mol. The largest absolute Gasteiger partial charge is 0.387 e. The first-order valence-corrected chi connectivity index (χ1v) is 5.51. The van der Waals surface area contributed by atoms with Crippen LogP contribution in [0.15, 0.2) is 0 Å². The van der Waals surface area contributed by atoms with Crippen LogP contribution in [0.2, 0.25) is 0 Å². The van der Waals surface area contributed by atoms with Crippen molar-refractivity contribution in [3.63, 3.8) is 0 Å². The lowest BCUT2D eigenvalue weighted by Gasteiger charge is -2.44. The van der Waals surface area contributed by atoms with Crippen molar-refractivity contribution in [3.05, 3.63) is 0 Å². The fourth-order valence-corrected chi connectivity index (χ4v) is 2.45. The number of fused-ring (bicyclic) bond motifs is 1. The lowest BCUT2D eigenvalue weighted by Crippen LogP contribution is -2.61. The van der Waals surface area contributed by atoms with Crippen molar-refractivity contribution >= 4 is 0 Å². The predicted molar refractivity (Wildman–Crippen MR) is 55.8 cm³/mol. The Balaban J connectivity index is 2.22. The highest BCUT2D eigenvalue weighted by Crippen LogP contribution is 2.40. The van der Waals surface area contributed by atoms with Gasteiger partial charge in [-0.05, 0) is 27.7 Å². The van der Waals surface area contributed by atoms with Crippen molar-refractivity contribution in [3.8, 4) is 0 Å². The van der Waals surface area contributed by atoms with Gasteiger partial charge in [-0.2, -0.15) is 0 Å². The van der Waals surface area contributed by atoms with E-state index in [1.54, 1.807) is 21.0 Å². The van der Waals surface area contributed by atoms with Crippen LogP contribution in [0.3, 0.4) is 0 Å². The first-order chi connectivity index (χ1) is 7.27. The summed E-state index contributed by atoms with van der Waals surface area (Å²) in [6, 6.07) is 0. The molecule has 1 N–H and O–H groups in total. The minimum absolute atomic E-state index is 0.425. The zero-order valence-corrected chi connectivity index (χ0v) is 10.4. The zero-order valence-electron chi connectivity index (χ0n) is 10.4. The molecule has 1 unspecified atom stereocenters. The maximum absolute atomic E-state index is 10.2. The molecule has 4 atom stereocenters. The molecular formula is C11H20O5. The third-order valence-electron chi connectivity index (χ3n) is 3.09. The second kappa shape index (κ2) is 3.65. The molecule has 0 spiro atoms. The van der Waals surface area contributed by atoms with Gasteiger partial charge in [0.05, 0.1) is 5.60 Å². The van der Waals surface area contributed by atoms with E-state index >= 15 is 0 Å². The zero-order chi connectivity index (χ0) is 12.1. The van der Waals surface area contributed by atoms with E-state index < -0.39 is 36.0 Å². The predicted octanol–water partition coefficient (Wildman–Crippen LogP) is 0.649. The number of aliphatic hydroxyl groups excluding tert-OH is 1. The molecule has 0 aromatic rings. The van der Waals surface area contributed by atoms with Crippen LogP contribution in [0.5, 0.6) is 0 Å². The summed E-state index contributed by atoms with van der Waals surface area (Å²) in [6.07, 6.45) is -2.20. The Morgan fingerprint density at radius 3 is 2.25 bits per heavy atom. The standard InChI is InChI=1S/C11H20O5/c1-10(2)8(13-5)6(12)7-9(15-10)16-11(3,4)14-7/h6-9,12H,1-5H3/t6?,7-,8-,9+/m1/s1. The highest BCUT2D eigenvalue weighted by molar-refractivity contribution is 4.99. The second-order valence-electron chi connectivity index (χ2n) is 5.34. The Hall–Kier alpha value is -0.200. The van der Waals surface area contributed by atoms with E-state index in [4.69, 9.17) is 18.9 Å². The summed E-state index contributed by atoms with van der Waals surface area (Å²) in [5.74, 6) is -0.727. The molecule has 0 radical (unpaired) electrons. The fraction of sp³-hybridized carbons (Fsp3) is 1.00. The van der Waals surface area contributed by atoms with Crippen LogP contribution in [0.1, 0.15) is 27.7 Å². The summed E-state index contributed by atoms with van der Waals surface area (Å²) in [6.45, 7) is 7.34.